The standard InChI is InChI=1S/C14H19N3O2/c1-4-17-8-7-11(16-17)10-15-13-6-5-12(18-2)9-14(13)19-3/h5-9,15H,4,10H2,1-3H3. The molecule has 0 bridgehead atoms. The average Bonchev–Trinajstić information content (AvgIpc) is 2.92. The number of hydrogen-bond acceptors (Lipinski definition) is 4. The van der Waals surface area contributed by atoms with Gasteiger partial charge in [0.2, 0.25) is 0 Å². The molecular formula is C14H19N3O2. The first-order chi connectivity index (χ1) is 9.26. The van der Waals surface area contributed by atoms with Crippen LogP contribution in [0.4, 0.5) is 5.69 Å². The molecule has 2 rings (SSSR count). The highest BCUT2D eigenvalue weighted by molar-refractivity contribution is 5.59. The molecule has 0 fully saturated rings. The molecule has 0 saturated carbocycles. The Bertz CT molecular complexity index is 537. The number of methoxy groups -OCH3 is 2. The molecule has 0 amide bonds. The largest absolute Gasteiger partial charge is 0.497 e. The van der Waals surface area contributed by atoms with E-state index in [0.717, 1.165) is 29.4 Å². The molecule has 0 aliphatic carbocycles. The van der Waals surface area contributed by atoms with Gasteiger partial charge in [-0.05, 0) is 25.1 Å². The maximum Gasteiger partial charge on any atom is 0.145 e. The number of nitrogens with zero attached hydrogens (tertiary/aromatic N) is 2. The zero-order valence-electron chi connectivity index (χ0n) is 11.5. The molecule has 102 valence electrons. The quantitative estimate of drug-likeness (QED) is 0.868. The van der Waals surface area contributed by atoms with Gasteiger partial charge in [0.1, 0.15) is 11.5 Å². The van der Waals surface area contributed by atoms with E-state index in [2.05, 4.69) is 17.3 Å². The van der Waals surface area contributed by atoms with Crippen molar-refractivity contribution in [3.05, 3.63) is 36.2 Å². The van der Waals surface area contributed by atoms with E-state index in [1.807, 2.05) is 35.1 Å². The van der Waals surface area contributed by atoms with Crippen molar-refractivity contribution in [1.29, 1.82) is 0 Å². The van der Waals surface area contributed by atoms with Crippen LogP contribution in [-0.4, -0.2) is 24.0 Å². The van der Waals surface area contributed by atoms with E-state index in [9.17, 15) is 0 Å². The van der Waals surface area contributed by atoms with Gasteiger partial charge in [0.25, 0.3) is 0 Å². The molecule has 2 aromatic rings. The highest BCUT2D eigenvalue weighted by Gasteiger charge is 2.05. The number of hydrogen-bond donors (Lipinski definition) is 1. The Kier molecular flexibility index (Phi) is 4.28. The lowest BCUT2D eigenvalue weighted by Gasteiger charge is -2.11. The van der Waals surface area contributed by atoms with Crippen molar-refractivity contribution >= 4 is 5.69 Å². The fourth-order valence-corrected chi connectivity index (χ4v) is 1.80. The summed E-state index contributed by atoms with van der Waals surface area (Å²) >= 11 is 0. The third-order valence-electron chi connectivity index (χ3n) is 2.89. The summed E-state index contributed by atoms with van der Waals surface area (Å²) in [5.41, 5.74) is 1.93. The van der Waals surface area contributed by atoms with Gasteiger partial charge in [0, 0.05) is 18.8 Å². The minimum atomic E-state index is 0.662. The second kappa shape index (κ2) is 6.13. The van der Waals surface area contributed by atoms with E-state index in [4.69, 9.17) is 9.47 Å². The SMILES string of the molecule is CCn1ccc(CNc2ccc(OC)cc2OC)n1. The topological polar surface area (TPSA) is 48.3 Å². The average molecular weight is 261 g/mol. The Balaban J connectivity index is 2.06. The predicted octanol–water partition coefficient (Wildman–Crippen LogP) is 2.53. The Morgan fingerprint density at radius 2 is 2.05 bits per heavy atom. The van der Waals surface area contributed by atoms with Crippen molar-refractivity contribution in [3.8, 4) is 11.5 Å². The lowest BCUT2D eigenvalue weighted by Crippen LogP contribution is -2.03. The Morgan fingerprint density at radius 3 is 2.68 bits per heavy atom. The van der Waals surface area contributed by atoms with E-state index in [1.165, 1.54) is 0 Å². The highest BCUT2D eigenvalue weighted by atomic mass is 16.5. The second-order valence-electron chi connectivity index (χ2n) is 4.08. The fraction of sp³-hybridized carbons (Fsp3) is 0.357. The molecule has 0 spiro atoms. The summed E-state index contributed by atoms with van der Waals surface area (Å²) in [7, 11) is 3.28. The van der Waals surface area contributed by atoms with Crippen LogP contribution < -0.4 is 14.8 Å². The summed E-state index contributed by atoms with van der Waals surface area (Å²) in [5.74, 6) is 1.53. The molecule has 0 atom stereocenters. The number of aromatic nitrogens is 2. The first-order valence-electron chi connectivity index (χ1n) is 6.25. The minimum absolute atomic E-state index is 0.662. The lowest BCUT2D eigenvalue weighted by molar-refractivity contribution is 0.395. The van der Waals surface area contributed by atoms with Crippen LogP contribution >= 0.6 is 0 Å². The number of ether oxygens (including phenoxy) is 2. The van der Waals surface area contributed by atoms with Crippen LogP contribution in [0.15, 0.2) is 30.5 Å². The van der Waals surface area contributed by atoms with Gasteiger partial charge in [-0.1, -0.05) is 0 Å². The van der Waals surface area contributed by atoms with E-state index < -0.39 is 0 Å². The molecular weight excluding hydrogens is 242 g/mol. The van der Waals surface area contributed by atoms with Crippen molar-refractivity contribution in [2.75, 3.05) is 19.5 Å². The van der Waals surface area contributed by atoms with Crippen LogP contribution in [-0.2, 0) is 13.1 Å². The van der Waals surface area contributed by atoms with Crippen molar-refractivity contribution in [2.24, 2.45) is 0 Å². The van der Waals surface area contributed by atoms with Gasteiger partial charge in [0.05, 0.1) is 32.1 Å². The molecule has 1 aromatic carbocycles. The summed E-state index contributed by atoms with van der Waals surface area (Å²) in [4.78, 5) is 0. The van der Waals surface area contributed by atoms with Crippen LogP contribution in [0.3, 0.4) is 0 Å². The zero-order chi connectivity index (χ0) is 13.7. The fourth-order valence-electron chi connectivity index (χ4n) is 1.80. The van der Waals surface area contributed by atoms with Gasteiger partial charge in [0.15, 0.2) is 0 Å². The van der Waals surface area contributed by atoms with Gasteiger partial charge in [-0.25, -0.2) is 0 Å². The molecule has 1 aromatic heterocycles. The maximum absolute atomic E-state index is 5.33. The van der Waals surface area contributed by atoms with Crippen molar-refractivity contribution in [3.63, 3.8) is 0 Å². The minimum Gasteiger partial charge on any atom is -0.497 e. The van der Waals surface area contributed by atoms with Crippen molar-refractivity contribution < 1.29 is 9.47 Å². The van der Waals surface area contributed by atoms with Gasteiger partial charge < -0.3 is 14.8 Å². The third kappa shape index (κ3) is 3.19. The smallest absolute Gasteiger partial charge is 0.145 e. The number of benzene rings is 1. The van der Waals surface area contributed by atoms with Crippen LogP contribution in [0.5, 0.6) is 11.5 Å². The number of anilines is 1. The molecule has 1 heterocycles. The molecule has 0 aliphatic rings. The normalized spacial score (nSPS) is 10.3. The van der Waals surface area contributed by atoms with Crippen LogP contribution in [0.2, 0.25) is 0 Å². The summed E-state index contributed by atoms with van der Waals surface area (Å²) in [5, 5.41) is 7.73. The predicted molar refractivity (Wildman–Crippen MR) is 74.8 cm³/mol. The summed E-state index contributed by atoms with van der Waals surface area (Å²) in [6.45, 7) is 3.61. The van der Waals surface area contributed by atoms with Gasteiger partial charge in [-0.15, -0.1) is 0 Å². The molecule has 0 aliphatic heterocycles. The number of rotatable bonds is 6. The van der Waals surface area contributed by atoms with E-state index in [0.29, 0.717) is 6.54 Å². The first-order valence-corrected chi connectivity index (χ1v) is 6.25. The molecule has 0 unspecified atom stereocenters. The van der Waals surface area contributed by atoms with Crippen molar-refractivity contribution in [1.82, 2.24) is 9.78 Å². The number of aryl methyl sites for hydroxylation is 1. The third-order valence-corrected chi connectivity index (χ3v) is 2.89. The summed E-state index contributed by atoms with van der Waals surface area (Å²) in [6, 6.07) is 7.70. The van der Waals surface area contributed by atoms with Crippen LogP contribution in [0.25, 0.3) is 0 Å². The number of nitrogens with one attached hydrogen (secondary N) is 1. The Labute approximate surface area is 113 Å². The van der Waals surface area contributed by atoms with Crippen LogP contribution in [0.1, 0.15) is 12.6 Å². The van der Waals surface area contributed by atoms with E-state index in [1.54, 1.807) is 14.2 Å². The second-order valence-corrected chi connectivity index (χ2v) is 4.08. The summed E-state index contributed by atoms with van der Waals surface area (Å²) < 4.78 is 12.4. The van der Waals surface area contributed by atoms with Crippen molar-refractivity contribution in [2.45, 2.75) is 20.0 Å². The van der Waals surface area contributed by atoms with Gasteiger partial charge >= 0.3 is 0 Å². The lowest BCUT2D eigenvalue weighted by atomic mass is 10.2. The zero-order valence-corrected chi connectivity index (χ0v) is 11.5. The molecule has 19 heavy (non-hydrogen) atoms. The van der Waals surface area contributed by atoms with E-state index >= 15 is 0 Å². The Morgan fingerprint density at radius 1 is 1.21 bits per heavy atom. The maximum atomic E-state index is 5.33. The molecule has 5 heteroatoms. The highest BCUT2D eigenvalue weighted by Crippen LogP contribution is 2.29. The van der Waals surface area contributed by atoms with Crippen LogP contribution in [0, 0.1) is 0 Å². The Hall–Kier alpha value is -2.17. The molecule has 5 nitrogen and oxygen atoms in total. The first kappa shape index (κ1) is 13.3. The molecule has 0 radical (unpaired) electrons. The van der Waals surface area contributed by atoms with Gasteiger partial charge in [-0.2, -0.15) is 5.10 Å². The molecule has 0 saturated heterocycles. The van der Waals surface area contributed by atoms with Gasteiger partial charge in [-0.3, -0.25) is 4.68 Å². The monoisotopic (exact) mass is 261 g/mol. The summed E-state index contributed by atoms with van der Waals surface area (Å²) in [6.07, 6.45) is 1.97. The molecule has 1 N–H and O–H groups in total. The van der Waals surface area contributed by atoms with E-state index in [-0.39, 0.29) is 0 Å².